The van der Waals surface area contributed by atoms with Crippen molar-refractivity contribution in [3.8, 4) is 0 Å². The van der Waals surface area contributed by atoms with Gasteiger partial charge in [0, 0.05) is 34.2 Å². The summed E-state index contributed by atoms with van der Waals surface area (Å²) in [6.07, 6.45) is -1.03. The van der Waals surface area contributed by atoms with E-state index >= 15 is 0 Å². The molecule has 0 aliphatic carbocycles. The first-order valence-electron chi connectivity index (χ1n) is 11.8. The molecular weight excluding hydrogens is 512 g/mol. The number of amides is 3. The molecule has 2 rings (SSSR count). The summed E-state index contributed by atoms with van der Waals surface area (Å²) >= 11 is 0. The summed E-state index contributed by atoms with van der Waals surface area (Å²) < 4.78 is 61.3. The highest BCUT2D eigenvalue weighted by atomic mass is 32.2. The summed E-state index contributed by atoms with van der Waals surface area (Å²) in [5, 5.41) is -1.92. The van der Waals surface area contributed by atoms with Crippen LogP contribution in [0.2, 0.25) is 0 Å². The number of ether oxygens (including phenoxy) is 1. The number of rotatable bonds is 11. The zero-order valence-corrected chi connectivity index (χ0v) is 22.2. The molecule has 1 heterocycles. The van der Waals surface area contributed by atoms with Crippen LogP contribution in [0.15, 0.2) is 30.3 Å². The van der Waals surface area contributed by atoms with Gasteiger partial charge in [0.15, 0.2) is 9.84 Å². The number of hydrogen-bond donors (Lipinski definition) is 0. The summed E-state index contributed by atoms with van der Waals surface area (Å²) in [5.41, 5.74) is 0.369. The van der Waals surface area contributed by atoms with Crippen molar-refractivity contribution in [2.45, 2.75) is 42.7 Å². The number of sulfone groups is 1. The molecule has 37 heavy (non-hydrogen) atoms. The van der Waals surface area contributed by atoms with E-state index in [9.17, 15) is 36.4 Å². The second-order valence-corrected chi connectivity index (χ2v) is 11.2. The van der Waals surface area contributed by atoms with Gasteiger partial charge in [0.2, 0.25) is 17.6 Å². The van der Waals surface area contributed by atoms with Crippen LogP contribution in [0.3, 0.4) is 0 Å². The quantitative estimate of drug-likeness (QED) is 0.376. The maximum atomic E-state index is 14.6. The fourth-order valence-electron chi connectivity index (χ4n) is 3.99. The van der Waals surface area contributed by atoms with Crippen molar-refractivity contribution in [1.29, 1.82) is 0 Å². The maximum Gasteiger partial charge on any atom is 0.383 e. The number of likely N-dealkylation sites (N-methyl/N-ethyl adjacent to an activating group) is 1. The van der Waals surface area contributed by atoms with Gasteiger partial charge in [-0.2, -0.15) is 8.78 Å². The Balaban J connectivity index is 2.40. The summed E-state index contributed by atoms with van der Waals surface area (Å²) in [5.74, 6) is -10.4. The average molecular weight is 546 g/mol. The van der Waals surface area contributed by atoms with Gasteiger partial charge in [0.1, 0.15) is 5.25 Å². The molecule has 0 aromatic heterocycles. The second-order valence-electron chi connectivity index (χ2n) is 8.99. The lowest BCUT2D eigenvalue weighted by Crippen LogP contribution is -2.57. The molecule has 1 unspecified atom stereocenters. The molecule has 3 amide bonds. The average Bonchev–Trinajstić information content (AvgIpc) is 2.87. The lowest BCUT2D eigenvalue weighted by Gasteiger charge is -2.33. The number of alkyl halides is 2. The van der Waals surface area contributed by atoms with Gasteiger partial charge >= 0.3 is 11.8 Å². The third-order valence-electron chi connectivity index (χ3n) is 6.13. The van der Waals surface area contributed by atoms with E-state index in [1.165, 1.54) is 11.8 Å². The number of nitrogens with zero attached hydrogens (tertiary/aromatic N) is 3. The van der Waals surface area contributed by atoms with Gasteiger partial charge in [-0.3, -0.25) is 19.2 Å². The molecule has 10 nitrogen and oxygen atoms in total. The highest BCUT2D eigenvalue weighted by molar-refractivity contribution is 7.92. The topological polar surface area (TPSA) is 121 Å². The number of carbonyl (C=O) groups is 4. The van der Waals surface area contributed by atoms with E-state index < -0.39 is 62.7 Å². The van der Waals surface area contributed by atoms with Crippen LogP contribution in [0.1, 0.15) is 25.3 Å². The number of hydrogen-bond acceptors (Lipinski definition) is 7. The van der Waals surface area contributed by atoms with E-state index in [0.717, 1.165) is 21.1 Å². The molecule has 2 atom stereocenters. The van der Waals surface area contributed by atoms with E-state index in [4.69, 9.17) is 4.74 Å². The first-order valence-corrected chi connectivity index (χ1v) is 13.5. The molecule has 1 aromatic rings. The summed E-state index contributed by atoms with van der Waals surface area (Å²) in [6.45, 7) is 2.28. The Morgan fingerprint density at radius 3 is 2.14 bits per heavy atom. The van der Waals surface area contributed by atoms with Gasteiger partial charge in [-0.25, -0.2) is 8.42 Å². The van der Waals surface area contributed by atoms with E-state index in [1.807, 2.05) is 0 Å². The first-order chi connectivity index (χ1) is 17.2. The molecule has 0 bridgehead atoms. The monoisotopic (exact) mass is 545 g/mol. The van der Waals surface area contributed by atoms with Crippen LogP contribution in [0.5, 0.6) is 0 Å². The molecule has 0 spiro atoms. The maximum absolute atomic E-state index is 14.6. The molecule has 0 N–H and O–H groups in total. The second kappa shape index (κ2) is 12.5. The zero-order valence-electron chi connectivity index (χ0n) is 21.4. The SMILES string of the molecule is CCC(C(=O)C(F)(F)C(=O)N(C)C)N(C)C(=O)[C@H](CC(=O)N1CCOCC1)S(=O)(=O)Cc1ccccc1. The van der Waals surface area contributed by atoms with E-state index in [-0.39, 0.29) is 32.7 Å². The lowest BCUT2D eigenvalue weighted by molar-refractivity contribution is -0.168. The predicted octanol–water partition coefficient (Wildman–Crippen LogP) is 0.749. The van der Waals surface area contributed by atoms with Gasteiger partial charge in [-0.15, -0.1) is 0 Å². The van der Waals surface area contributed by atoms with Crippen molar-refractivity contribution in [2.24, 2.45) is 0 Å². The van der Waals surface area contributed by atoms with Crippen LogP contribution < -0.4 is 0 Å². The largest absolute Gasteiger partial charge is 0.383 e. The highest BCUT2D eigenvalue weighted by Gasteiger charge is 2.52. The molecule has 1 aliphatic rings. The van der Waals surface area contributed by atoms with Crippen LogP contribution >= 0.6 is 0 Å². The number of morpholine rings is 1. The smallest absolute Gasteiger partial charge is 0.378 e. The predicted molar refractivity (Wildman–Crippen MR) is 130 cm³/mol. The molecule has 0 saturated carbocycles. The van der Waals surface area contributed by atoms with Crippen molar-refractivity contribution in [3.05, 3.63) is 35.9 Å². The number of carbonyl (C=O) groups excluding carboxylic acids is 4. The van der Waals surface area contributed by atoms with Crippen LogP contribution in [0, 0.1) is 0 Å². The fourth-order valence-corrected chi connectivity index (χ4v) is 5.72. The number of benzene rings is 1. The third-order valence-corrected chi connectivity index (χ3v) is 8.10. The fraction of sp³-hybridized carbons (Fsp3) is 0.583. The first kappa shape index (κ1) is 30.3. The minimum Gasteiger partial charge on any atom is -0.378 e. The van der Waals surface area contributed by atoms with Crippen molar-refractivity contribution in [2.75, 3.05) is 47.4 Å². The lowest BCUT2D eigenvalue weighted by atomic mass is 10.0. The van der Waals surface area contributed by atoms with E-state index in [2.05, 4.69) is 0 Å². The zero-order chi connectivity index (χ0) is 28.0. The number of halogens is 2. The Labute approximate surface area is 215 Å². The molecule has 1 aromatic carbocycles. The van der Waals surface area contributed by atoms with Gasteiger partial charge in [0.05, 0.1) is 31.4 Å². The van der Waals surface area contributed by atoms with Crippen LogP contribution in [0.25, 0.3) is 0 Å². The van der Waals surface area contributed by atoms with Gasteiger partial charge in [-0.1, -0.05) is 37.3 Å². The van der Waals surface area contributed by atoms with Crippen molar-refractivity contribution in [3.63, 3.8) is 0 Å². The summed E-state index contributed by atoms with van der Waals surface area (Å²) in [6, 6.07) is 6.20. The van der Waals surface area contributed by atoms with Crippen molar-refractivity contribution < 1.29 is 41.1 Å². The van der Waals surface area contributed by atoms with E-state index in [1.54, 1.807) is 30.3 Å². The summed E-state index contributed by atoms with van der Waals surface area (Å²) in [4.78, 5) is 53.6. The molecule has 1 saturated heterocycles. The minimum atomic E-state index is -4.43. The standard InChI is InChI=1S/C24H33F2N3O7S/c1-5-18(21(31)24(25,26)23(33)27(2)3)28(4)22(32)19(15-20(30)29-11-13-36-14-12-29)37(34,35)16-17-9-7-6-8-10-17/h6-10,18-19H,5,11-16H2,1-4H3/t18?,19-/m0/s1. The molecule has 206 valence electrons. The minimum absolute atomic E-state index is 0.212. The third kappa shape index (κ3) is 7.31. The Morgan fingerprint density at radius 1 is 1.05 bits per heavy atom. The normalized spacial score (nSPS) is 16.0. The van der Waals surface area contributed by atoms with Crippen LogP contribution in [-0.4, -0.2) is 111 Å². The Hall–Kier alpha value is -2.93. The van der Waals surface area contributed by atoms with Crippen molar-refractivity contribution in [1.82, 2.24) is 14.7 Å². The Morgan fingerprint density at radius 2 is 1.62 bits per heavy atom. The van der Waals surface area contributed by atoms with Gasteiger partial charge < -0.3 is 19.4 Å². The summed E-state index contributed by atoms with van der Waals surface area (Å²) in [7, 11) is -1.19. The molecule has 1 aliphatic heterocycles. The Bertz CT molecular complexity index is 1090. The van der Waals surface area contributed by atoms with Gasteiger partial charge in [0.25, 0.3) is 0 Å². The number of Topliss-reactive ketones (excluding diaryl/α,β-unsaturated/α-hetero) is 1. The molecule has 0 radical (unpaired) electrons. The van der Waals surface area contributed by atoms with E-state index in [0.29, 0.717) is 15.4 Å². The highest BCUT2D eigenvalue weighted by Crippen LogP contribution is 2.25. The molecule has 1 fully saturated rings. The van der Waals surface area contributed by atoms with Crippen molar-refractivity contribution >= 4 is 33.3 Å². The van der Waals surface area contributed by atoms with Crippen LogP contribution in [-0.2, 0) is 39.5 Å². The van der Waals surface area contributed by atoms with Gasteiger partial charge in [-0.05, 0) is 12.0 Å². The molecule has 13 heteroatoms. The van der Waals surface area contributed by atoms with Crippen LogP contribution in [0.4, 0.5) is 8.78 Å². The Kier molecular flexibility index (Phi) is 10.3. The number of ketones is 1. The molecular formula is C24H33F2N3O7S.